The van der Waals surface area contributed by atoms with Gasteiger partial charge in [0.2, 0.25) is 5.88 Å². The normalized spacial score (nSPS) is 10.2. The second kappa shape index (κ2) is 5.75. The van der Waals surface area contributed by atoms with Crippen LogP contribution in [-0.2, 0) is 4.74 Å². The zero-order chi connectivity index (χ0) is 14.7. The molecule has 1 heterocycles. The first-order chi connectivity index (χ1) is 9.51. The highest BCUT2D eigenvalue weighted by atomic mass is 35.5. The summed E-state index contributed by atoms with van der Waals surface area (Å²) in [4.78, 5) is 15.3. The minimum Gasteiger partial charge on any atom is -0.464 e. The predicted octanol–water partition coefficient (Wildman–Crippen LogP) is 3.04. The zero-order valence-electron chi connectivity index (χ0n) is 10.4. The minimum absolute atomic E-state index is 0.0126. The summed E-state index contributed by atoms with van der Waals surface area (Å²) in [6.07, 6.45) is 0. The van der Waals surface area contributed by atoms with Crippen LogP contribution in [0.5, 0.6) is 11.6 Å². The van der Waals surface area contributed by atoms with Gasteiger partial charge >= 0.3 is 5.97 Å². The van der Waals surface area contributed by atoms with Gasteiger partial charge in [0.25, 0.3) is 0 Å². The maximum Gasteiger partial charge on any atom is 0.356 e. The molecule has 0 radical (unpaired) electrons. The van der Waals surface area contributed by atoms with Crippen molar-refractivity contribution in [3.63, 3.8) is 0 Å². The highest BCUT2D eigenvalue weighted by Crippen LogP contribution is 2.31. The van der Waals surface area contributed by atoms with Crippen molar-refractivity contribution in [2.24, 2.45) is 0 Å². The van der Waals surface area contributed by atoms with E-state index in [1.165, 1.54) is 31.4 Å². The molecular formula is C13H10ClFN2O3. The van der Waals surface area contributed by atoms with Gasteiger partial charge in [-0.2, -0.15) is 0 Å². The van der Waals surface area contributed by atoms with E-state index < -0.39 is 11.8 Å². The summed E-state index contributed by atoms with van der Waals surface area (Å²) in [6, 6.07) is 6.47. The van der Waals surface area contributed by atoms with Gasteiger partial charge in [0.15, 0.2) is 5.69 Å². The van der Waals surface area contributed by atoms with E-state index in [0.29, 0.717) is 0 Å². The molecule has 0 unspecified atom stereocenters. The molecule has 0 aliphatic heterocycles. The van der Waals surface area contributed by atoms with Crippen LogP contribution in [-0.4, -0.2) is 18.1 Å². The molecular weight excluding hydrogens is 287 g/mol. The van der Waals surface area contributed by atoms with E-state index in [0.717, 1.165) is 6.07 Å². The highest BCUT2D eigenvalue weighted by molar-refractivity contribution is 6.32. The van der Waals surface area contributed by atoms with E-state index in [1.54, 1.807) is 0 Å². The number of nitrogens with two attached hydrogens (primary N) is 1. The van der Waals surface area contributed by atoms with Crippen molar-refractivity contribution >= 4 is 23.3 Å². The van der Waals surface area contributed by atoms with Crippen LogP contribution >= 0.6 is 11.6 Å². The van der Waals surface area contributed by atoms with Crippen molar-refractivity contribution in [3.8, 4) is 11.6 Å². The molecule has 0 aliphatic rings. The first kappa shape index (κ1) is 14.1. The monoisotopic (exact) mass is 296 g/mol. The lowest BCUT2D eigenvalue weighted by molar-refractivity contribution is 0.0593. The van der Waals surface area contributed by atoms with Gasteiger partial charge in [0.05, 0.1) is 17.8 Å². The number of rotatable bonds is 3. The first-order valence-corrected chi connectivity index (χ1v) is 5.87. The molecule has 0 fully saturated rings. The Hall–Kier alpha value is -2.34. The Labute approximate surface area is 119 Å². The Morgan fingerprint density at radius 1 is 1.35 bits per heavy atom. The molecule has 0 saturated carbocycles. The van der Waals surface area contributed by atoms with Crippen molar-refractivity contribution in [3.05, 3.63) is 46.9 Å². The number of aromatic nitrogens is 1. The van der Waals surface area contributed by atoms with Crippen LogP contribution in [0.25, 0.3) is 0 Å². The summed E-state index contributed by atoms with van der Waals surface area (Å²) >= 11 is 5.84. The molecule has 5 nitrogen and oxygen atoms in total. The van der Waals surface area contributed by atoms with Gasteiger partial charge in [-0.1, -0.05) is 11.6 Å². The predicted molar refractivity (Wildman–Crippen MR) is 71.5 cm³/mol. The molecule has 0 bridgehead atoms. The highest BCUT2D eigenvalue weighted by Gasteiger charge is 2.13. The molecule has 0 aliphatic carbocycles. The van der Waals surface area contributed by atoms with Crippen LogP contribution < -0.4 is 10.5 Å². The Kier molecular flexibility index (Phi) is 4.05. The number of methoxy groups -OCH3 is 1. The molecule has 20 heavy (non-hydrogen) atoms. The number of nitrogens with zero attached hydrogens (tertiary/aromatic N) is 1. The number of hydrogen-bond donors (Lipinski definition) is 1. The van der Waals surface area contributed by atoms with Gasteiger partial charge in [-0.05, 0) is 30.3 Å². The Morgan fingerprint density at radius 3 is 2.75 bits per heavy atom. The van der Waals surface area contributed by atoms with E-state index in [-0.39, 0.29) is 28.0 Å². The lowest BCUT2D eigenvalue weighted by Crippen LogP contribution is -2.06. The van der Waals surface area contributed by atoms with Gasteiger partial charge in [0, 0.05) is 0 Å². The molecule has 2 N–H and O–H groups in total. The van der Waals surface area contributed by atoms with E-state index in [4.69, 9.17) is 22.1 Å². The minimum atomic E-state index is -0.625. The smallest absolute Gasteiger partial charge is 0.356 e. The number of nitrogen functional groups attached to an aromatic ring is 1. The number of anilines is 1. The second-order valence-corrected chi connectivity index (χ2v) is 4.17. The summed E-state index contributed by atoms with van der Waals surface area (Å²) in [6.45, 7) is 0. The molecule has 104 valence electrons. The third-order valence-corrected chi connectivity index (χ3v) is 2.68. The van der Waals surface area contributed by atoms with Gasteiger partial charge < -0.3 is 15.2 Å². The van der Waals surface area contributed by atoms with Crippen molar-refractivity contribution in [2.45, 2.75) is 0 Å². The van der Waals surface area contributed by atoms with E-state index >= 15 is 0 Å². The fraction of sp³-hybridized carbons (Fsp3) is 0.0769. The average molecular weight is 297 g/mol. The Bertz CT molecular complexity index is 664. The van der Waals surface area contributed by atoms with Crippen LogP contribution in [0.2, 0.25) is 5.02 Å². The summed E-state index contributed by atoms with van der Waals surface area (Å²) < 4.78 is 22.9. The van der Waals surface area contributed by atoms with Crippen LogP contribution in [0.4, 0.5) is 10.1 Å². The molecule has 0 spiro atoms. The molecule has 0 atom stereocenters. The number of ether oxygens (including phenoxy) is 2. The van der Waals surface area contributed by atoms with Crippen LogP contribution in [0, 0.1) is 5.82 Å². The summed E-state index contributed by atoms with van der Waals surface area (Å²) in [5, 5.41) is 0.0645. The van der Waals surface area contributed by atoms with Gasteiger partial charge in [-0.3, -0.25) is 0 Å². The molecule has 2 rings (SSSR count). The number of esters is 1. The third-order valence-electron chi connectivity index (χ3n) is 2.38. The Balaban J connectivity index is 2.35. The molecule has 0 amide bonds. The van der Waals surface area contributed by atoms with Gasteiger partial charge in [0.1, 0.15) is 11.6 Å². The van der Waals surface area contributed by atoms with Crippen molar-refractivity contribution < 1.29 is 18.7 Å². The SMILES string of the molecule is COC(=O)c1ccc(N)c(Oc2ccc(F)cc2Cl)n1. The van der Waals surface area contributed by atoms with Crippen molar-refractivity contribution in [1.82, 2.24) is 4.98 Å². The standard InChI is InChI=1S/C13H10ClFN2O3/c1-19-13(18)10-4-3-9(16)12(17-10)20-11-5-2-7(15)6-8(11)14/h2-6H,16H2,1H3. The Morgan fingerprint density at radius 2 is 2.10 bits per heavy atom. The molecule has 1 aromatic carbocycles. The number of halogens is 2. The van der Waals surface area contributed by atoms with Crippen molar-refractivity contribution in [2.75, 3.05) is 12.8 Å². The number of pyridine rings is 1. The lowest BCUT2D eigenvalue weighted by Gasteiger charge is -2.09. The largest absolute Gasteiger partial charge is 0.464 e. The van der Waals surface area contributed by atoms with E-state index in [2.05, 4.69) is 9.72 Å². The maximum atomic E-state index is 12.9. The number of benzene rings is 1. The molecule has 1 aromatic heterocycles. The fourth-order valence-corrected chi connectivity index (χ4v) is 1.62. The number of hydrogen-bond acceptors (Lipinski definition) is 5. The van der Waals surface area contributed by atoms with Gasteiger partial charge in [-0.25, -0.2) is 14.2 Å². The van der Waals surface area contributed by atoms with Crippen LogP contribution in [0.1, 0.15) is 10.5 Å². The summed E-state index contributed by atoms with van der Waals surface area (Å²) in [5.74, 6) is -0.956. The van der Waals surface area contributed by atoms with Crippen LogP contribution in [0.15, 0.2) is 30.3 Å². The number of carbonyl (C=O) groups is 1. The fourth-order valence-electron chi connectivity index (χ4n) is 1.41. The van der Waals surface area contributed by atoms with Crippen molar-refractivity contribution in [1.29, 1.82) is 0 Å². The molecule has 7 heteroatoms. The first-order valence-electron chi connectivity index (χ1n) is 5.49. The third kappa shape index (κ3) is 2.97. The van der Waals surface area contributed by atoms with Gasteiger partial charge in [-0.15, -0.1) is 0 Å². The topological polar surface area (TPSA) is 74.4 Å². The van der Waals surface area contributed by atoms with E-state index in [1.807, 2.05) is 0 Å². The quantitative estimate of drug-likeness (QED) is 0.881. The van der Waals surface area contributed by atoms with Crippen LogP contribution in [0.3, 0.4) is 0 Å². The zero-order valence-corrected chi connectivity index (χ0v) is 11.1. The van der Waals surface area contributed by atoms with E-state index in [9.17, 15) is 9.18 Å². The summed E-state index contributed by atoms with van der Waals surface area (Å²) in [7, 11) is 1.23. The average Bonchev–Trinajstić information content (AvgIpc) is 2.43. The number of carbonyl (C=O) groups excluding carboxylic acids is 1. The summed E-state index contributed by atoms with van der Waals surface area (Å²) in [5.41, 5.74) is 5.95. The molecule has 0 saturated heterocycles. The molecule has 2 aromatic rings. The second-order valence-electron chi connectivity index (χ2n) is 3.76. The lowest BCUT2D eigenvalue weighted by atomic mass is 10.3. The maximum absolute atomic E-state index is 12.9.